The lowest BCUT2D eigenvalue weighted by molar-refractivity contribution is 0.0620. The molecule has 1 saturated carbocycles. The highest BCUT2D eigenvalue weighted by atomic mass is 16.4. The SMILES string of the molecule is CC1(C)CCCCC1c1nc(C(=O)O)c(C(=O)O)o1. The lowest BCUT2D eigenvalue weighted by Gasteiger charge is -2.36. The smallest absolute Gasteiger partial charge is 0.374 e. The summed E-state index contributed by atoms with van der Waals surface area (Å²) in [7, 11) is 0. The maximum Gasteiger partial charge on any atom is 0.374 e. The monoisotopic (exact) mass is 267 g/mol. The molecule has 0 radical (unpaired) electrons. The normalized spacial score (nSPS) is 22.1. The molecule has 0 aromatic carbocycles. The van der Waals surface area contributed by atoms with E-state index < -0.39 is 23.4 Å². The van der Waals surface area contributed by atoms with Crippen LogP contribution in [0.4, 0.5) is 0 Å². The van der Waals surface area contributed by atoms with Crippen LogP contribution in [0.5, 0.6) is 0 Å². The number of carboxylic acids is 2. The Morgan fingerprint density at radius 2 is 1.95 bits per heavy atom. The van der Waals surface area contributed by atoms with E-state index in [1.54, 1.807) is 0 Å². The fraction of sp³-hybridized carbons (Fsp3) is 0.615. The van der Waals surface area contributed by atoms with Crippen molar-refractivity contribution >= 4 is 11.9 Å². The molecule has 0 saturated heterocycles. The first-order valence-corrected chi connectivity index (χ1v) is 6.30. The topological polar surface area (TPSA) is 101 Å². The van der Waals surface area contributed by atoms with Gasteiger partial charge in [-0.2, -0.15) is 0 Å². The first kappa shape index (κ1) is 13.6. The molecule has 1 heterocycles. The van der Waals surface area contributed by atoms with Crippen molar-refractivity contribution in [3.05, 3.63) is 17.3 Å². The predicted molar refractivity (Wildman–Crippen MR) is 65.4 cm³/mol. The number of oxazole rings is 1. The Hall–Kier alpha value is -1.85. The Bertz CT molecular complexity index is 486. The van der Waals surface area contributed by atoms with E-state index in [-0.39, 0.29) is 17.2 Å². The van der Waals surface area contributed by atoms with Crippen molar-refractivity contribution in [3.8, 4) is 0 Å². The second kappa shape index (κ2) is 4.68. The minimum absolute atomic E-state index is 0.0348. The fourth-order valence-electron chi connectivity index (χ4n) is 2.73. The molecule has 1 atom stereocenters. The van der Waals surface area contributed by atoms with Gasteiger partial charge in [0.25, 0.3) is 0 Å². The lowest BCUT2D eigenvalue weighted by Crippen LogP contribution is -2.26. The van der Waals surface area contributed by atoms with E-state index in [1.165, 1.54) is 0 Å². The number of aromatic carboxylic acids is 2. The molecule has 1 aromatic rings. The quantitative estimate of drug-likeness (QED) is 0.873. The molecule has 0 spiro atoms. The molecule has 1 aromatic heterocycles. The number of hydrogen-bond donors (Lipinski definition) is 2. The number of nitrogens with zero attached hydrogens (tertiary/aromatic N) is 1. The molecule has 104 valence electrons. The van der Waals surface area contributed by atoms with Crippen LogP contribution in [-0.2, 0) is 0 Å². The molecule has 19 heavy (non-hydrogen) atoms. The Labute approximate surface area is 110 Å². The van der Waals surface area contributed by atoms with Gasteiger partial charge in [-0.15, -0.1) is 0 Å². The summed E-state index contributed by atoms with van der Waals surface area (Å²) >= 11 is 0. The van der Waals surface area contributed by atoms with E-state index in [0.717, 1.165) is 25.7 Å². The van der Waals surface area contributed by atoms with Gasteiger partial charge in [-0.3, -0.25) is 0 Å². The second-order valence-corrected chi connectivity index (χ2v) is 5.63. The number of rotatable bonds is 3. The molecule has 2 rings (SSSR count). The van der Waals surface area contributed by atoms with Crippen molar-refractivity contribution in [3.63, 3.8) is 0 Å². The minimum atomic E-state index is -1.40. The first-order valence-electron chi connectivity index (χ1n) is 6.30. The van der Waals surface area contributed by atoms with Crippen molar-refractivity contribution in [2.45, 2.75) is 45.4 Å². The molecule has 6 nitrogen and oxygen atoms in total. The number of aromatic nitrogens is 1. The molecule has 1 aliphatic carbocycles. The molecule has 0 aliphatic heterocycles. The lowest BCUT2D eigenvalue weighted by atomic mass is 9.69. The maximum absolute atomic E-state index is 11.0. The largest absolute Gasteiger partial charge is 0.476 e. The Kier molecular flexibility index (Phi) is 3.34. The fourth-order valence-corrected chi connectivity index (χ4v) is 2.73. The van der Waals surface area contributed by atoms with Crippen molar-refractivity contribution in [2.75, 3.05) is 0 Å². The van der Waals surface area contributed by atoms with Gasteiger partial charge in [-0.25, -0.2) is 14.6 Å². The van der Waals surface area contributed by atoms with Gasteiger partial charge in [-0.05, 0) is 18.3 Å². The summed E-state index contributed by atoms with van der Waals surface area (Å²) in [6.07, 6.45) is 3.96. The first-order chi connectivity index (χ1) is 8.83. The van der Waals surface area contributed by atoms with Crippen LogP contribution >= 0.6 is 0 Å². The number of hydrogen-bond acceptors (Lipinski definition) is 4. The average molecular weight is 267 g/mol. The van der Waals surface area contributed by atoms with Gasteiger partial charge in [0.15, 0.2) is 5.89 Å². The maximum atomic E-state index is 11.0. The molecule has 1 fully saturated rings. The van der Waals surface area contributed by atoms with Gasteiger partial charge in [-0.1, -0.05) is 26.7 Å². The highest BCUT2D eigenvalue weighted by molar-refractivity contribution is 5.98. The van der Waals surface area contributed by atoms with E-state index in [0.29, 0.717) is 0 Å². The number of carboxylic acid groups (broad SMARTS) is 2. The molecule has 6 heteroatoms. The van der Waals surface area contributed by atoms with E-state index in [9.17, 15) is 9.59 Å². The van der Waals surface area contributed by atoms with Crippen LogP contribution in [0.25, 0.3) is 0 Å². The van der Waals surface area contributed by atoms with Gasteiger partial charge in [0.2, 0.25) is 11.5 Å². The molecule has 0 amide bonds. The van der Waals surface area contributed by atoms with E-state index >= 15 is 0 Å². The van der Waals surface area contributed by atoms with Crippen molar-refractivity contribution in [1.29, 1.82) is 0 Å². The van der Waals surface area contributed by atoms with E-state index in [1.807, 2.05) is 0 Å². The Morgan fingerprint density at radius 1 is 1.26 bits per heavy atom. The standard InChI is InChI=1S/C13H17NO5/c1-13(2)6-4-3-5-7(13)10-14-8(11(15)16)9(19-10)12(17)18/h7H,3-6H2,1-2H3,(H,15,16)(H,17,18). The molecular weight excluding hydrogens is 250 g/mol. The van der Waals surface area contributed by atoms with Gasteiger partial charge in [0, 0.05) is 5.92 Å². The summed E-state index contributed by atoms with van der Waals surface area (Å²) in [5, 5.41) is 17.9. The van der Waals surface area contributed by atoms with Gasteiger partial charge >= 0.3 is 11.9 Å². The van der Waals surface area contributed by atoms with Crippen LogP contribution in [0, 0.1) is 5.41 Å². The van der Waals surface area contributed by atoms with E-state index in [2.05, 4.69) is 18.8 Å². The van der Waals surface area contributed by atoms with Crippen LogP contribution in [0.3, 0.4) is 0 Å². The molecule has 1 unspecified atom stereocenters. The third-order valence-corrected chi connectivity index (χ3v) is 3.85. The summed E-state index contributed by atoms with van der Waals surface area (Å²) in [6, 6.07) is 0. The molecule has 1 aliphatic rings. The summed E-state index contributed by atoms with van der Waals surface area (Å²) in [5.41, 5.74) is -0.571. The zero-order valence-electron chi connectivity index (χ0n) is 11.0. The molecule has 0 bridgehead atoms. The second-order valence-electron chi connectivity index (χ2n) is 5.63. The summed E-state index contributed by atoms with van der Waals surface area (Å²) in [4.78, 5) is 25.9. The number of carbonyl (C=O) groups is 2. The van der Waals surface area contributed by atoms with Crippen molar-refractivity contribution in [2.24, 2.45) is 5.41 Å². The third kappa shape index (κ3) is 2.47. The van der Waals surface area contributed by atoms with Crippen molar-refractivity contribution < 1.29 is 24.2 Å². The highest BCUT2D eigenvalue weighted by Gasteiger charge is 2.38. The van der Waals surface area contributed by atoms with Crippen molar-refractivity contribution in [1.82, 2.24) is 4.98 Å². The highest BCUT2D eigenvalue weighted by Crippen LogP contribution is 2.46. The van der Waals surface area contributed by atoms with Crippen LogP contribution in [0.15, 0.2) is 4.42 Å². The van der Waals surface area contributed by atoms with Crippen LogP contribution in [0.1, 0.15) is 72.4 Å². The van der Waals surface area contributed by atoms with Crippen LogP contribution < -0.4 is 0 Å². The summed E-state index contributed by atoms with van der Waals surface area (Å²) in [6.45, 7) is 4.14. The van der Waals surface area contributed by atoms with Gasteiger partial charge < -0.3 is 14.6 Å². The van der Waals surface area contributed by atoms with E-state index in [4.69, 9.17) is 14.6 Å². The average Bonchev–Trinajstić information content (AvgIpc) is 2.73. The minimum Gasteiger partial charge on any atom is -0.476 e. The zero-order valence-corrected chi connectivity index (χ0v) is 11.0. The third-order valence-electron chi connectivity index (χ3n) is 3.85. The Balaban J connectivity index is 2.43. The molecular formula is C13H17NO5. The van der Waals surface area contributed by atoms with Gasteiger partial charge in [0.05, 0.1) is 0 Å². The van der Waals surface area contributed by atoms with Crippen LogP contribution in [-0.4, -0.2) is 27.1 Å². The Morgan fingerprint density at radius 3 is 2.42 bits per heavy atom. The zero-order chi connectivity index (χ0) is 14.2. The molecule has 2 N–H and O–H groups in total. The summed E-state index contributed by atoms with van der Waals surface area (Å²) < 4.78 is 5.22. The summed E-state index contributed by atoms with van der Waals surface area (Å²) in [5.74, 6) is -3.15. The van der Waals surface area contributed by atoms with Gasteiger partial charge in [0.1, 0.15) is 0 Å². The predicted octanol–water partition coefficient (Wildman–Crippen LogP) is 2.75. The van der Waals surface area contributed by atoms with Crippen LogP contribution in [0.2, 0.25) is 0 Å².